The average Bonchev–Trinajstić information content (AvgIpc) is 2.99. The van der Waals surface area contributed by atoms with Gasteiger partial charge in [0, 0.05) is 18.1 Å². The molecule has 6 nitrogen and oxygen atoms in total. The van der Waals surface area contributed by atoms with Gasteiger partial charge in [0.25, 0.3) is 5.91 Å². The fraction of sp³-hybridized carbons (Fsp3) is 0.214. The molecule has 0 aliphatic rings. The third kappa shape index (κ3) is 3.44. The molecule has 1 heterocycles. The molecule has 1 atom stereocenters. The Hall–Kier alpha value is -2.63. The first kappa shape index (κ1) is 13.8. The van der Waals surface area contributed by atoms with Crippen molar-refractivity contribution >= 4 is 11.9 Å². The molecule has 0 saturated carbocycles. The highest BCUT2D eigenvalue weighted by atomic mass is 16.5. The van der Waals surface area contributed by atoms with Crippen LogP contribution in [0.2, 0.25) is 0 Å². The molecule has 1 N–H and O–H groups in total. The number of ether oxygens (including phenoxy) is 1. The lowest BCUT2D eigenvalue weighted by Crippen LogP contribution is -2.43. The van der Waals surface area contributed by atoms with E-state index in [1.165, 1.54) is 13.3 Å². The maximum Gasteiger partial charge on any atom is 0.328 e. The maximum absolute atomic E-state index is 12.0. The van der Waals surface area contributed by atoms with E-state index in [2.05, 4.69) is 15.2 Å². The molecule has 20 heavy (non-hydrogen) atoms. The third-order valence-electron chi connectivity index (χ3n) is 2.72. The molecule has 0 unspecified atom stereocenters. The van der Waals surface area contributed by atoms with Crippen molar-refractivity contribution in [3.05, 3.63) is 53.9 Å². The lowest BCUT2D eigenvalue weighted by molar-refractivity contribution is -0.142. The molecular weight excluding hydrogens is 260 g/mol. The molecule has 2 aromatic rings. The number of methoxy groups -OCH3 is 1. The number of nitrogens with zero attached hydrogens (tertiary/aromatic N) is 1. The molecule has 0 saturated heterocycles. The van der Waals surface area contributed by atoms with Gasteiger partial charge in [0.1, 0.15) is 11.8 Å². The quantitative estimate of drug-likeness (QED) is 0.828. The molecule has 0 fully saturated rings. The van der Waals surface area contributed by atoms with Gasteiger partial charge in [-0.05, 0) is 12.1 Å². The van der Waals surface area contributed by atoms with Crippen LogP contribution in [-0.2, 0) is 16.0 Å². The molecule has 0 aliphatic heterocycles. The molecule has 1 aromatic carbocycles. The Morgan fingerprint density at radius 1 is 1.30 bits per heavy atom. The van der Waals surface area contributed by atoms with Crippen LogP contribution in [0.5, 0.6) is 0 Å². The van der Waals surface area contributed by atoms with E-state index in [0.29, 0.717) is 11.3 Å². The summed E-state index contributed by atoms with van der Waals surface area (Å²) in [6, 6.07) is 9.45. The zero-order valence-electron chi connectivity index (χ0n) is 10.9. The summed E-state index contributed by atoms with van der Waals surface area (Å²) in [5.41, 5.74) is 0.471. The van der Waals surface area contributed by atoms with Crippen LogP contribution in [0.3, 0.4) is 0 Å². The second-order valence-electron chi connectivity index (χ2n) is 4.10. The minimum absolute atomic E-state index is 0.186. The standard InChI is InChI=1S/C14H14N2O4/c1-19-14(18)12(9-11-7-8-15-20-11)16-13(17)10-5-3-2-4-6-10/h2-8,12H,9H2,1H3,(H,16,17)/t12-/m0/s1. The second kappa shape index (κ2) is 6.51. The molecule has 6 heteroatoms. The van der Waals surface area contributed by atoms with Gasteiger partial charge in [-0.15, -0.1) is 0 Å². The van der Waals surface area contributed by atoms with Gasteiger partial charge < -0.3 is 14.6 Å². The van der Waals surface area contributed by atoms with Crippen molar-refractivity contribution in [1.29, 1.82) is 0 Å². The number of carbonyl (C=O) groups excluding carboxylic acids is 2. The number of hydrogen-bond acceptors (Lipinski definition) is 5. The van der Waals surface area contributed by atoms with Crippen LogP contribution in [0.4, 0.5) is 0 Å². The molecule has 1 aromatic heterocycles. The summed E-state index contributed by atoms with van der Waals surface area (Å²) >= 11 is 0. The van der Waals surface area contributed by atoms with Crippen molar-refractivity contribution in [2.45, 2.75) is 12.5 Å². The molecule has 1 amide bonds. The van der Waals surface area contributed by atoms with Crippen LogP contribution >= 0.6 is 0 Å². The Balaban J connectivity index is 2.08. The van der Waals surface area contributed by atoms with Crippen LogP contribution in [-0.4, -0.2) is 30.2 Å². The minimum atomic E-state index is -0.819. The normalized spacial score (nSPS) is 11.7. The van der Waals surface area contributed by atoms with E-state index >= 15 is 0 Å². The van der Waals surface area contributed by atoms with E-state index in [1.54, 1.807) is 30.3 Å². The van der Waals surface area contributed by atoms with Gasteiger partial charge in [-0.1, -0.05) is 23.4 Å². The predicted molar refractivity (Wildman–Crippen MR) is 69.9 cm³/mol. The fourth-order valence-corrected chi connectivity index (χ4v) is 1.72. The van der Waals surface area contributed by atoms with Gasteiger partial charge in [-0.25, -0.2) is 4.79 Å². The maximum atomic E-state index is 12.0. The number of amides is 1. The molecule has 0 aliphatic carbocycles. The van der Waals surface area contributed by atoms with E-state index in [4.69, 9.17) is 4.52 Å². The highest BCUT2D eigenvalue weighted by Gasteiger charge is 2.23. The van der Waals surface area contributed by atoms with E-state index in [0.717, 1.165) is 0 Å². The molecule has 2 rings (SSSR count). The van der Waals surface area contributed by atoms with Crippen LogP contribution in [0, 0.1) is 0 Å². The lowest BCUT2D eigenvalue weighted by atomic mass is 10.1. The van der Waals surface area contributed by atoms with Gasteiger partial charge in [-0.3, -0.25) is 4.79 Å². The molecule has 0 radical (unpaired) electrons. The van der Waals surface area contributed by atoms with Gasteiger partial charge in [0.2, 0.25) is 0 Å². The second-order valence-corrected chi connectivity index (χ2v) is 4.10. The van der Waals surface area contributed by atoms with E-state index in [-0.39, 0.29) is 12.3 Å². The Morgan fingerprint density at radius 2 is 2.05 bits per heavy atom. The first-order valence-electron chi connectivity index (χ1n) is 6.04. The highest BCUT2D eigenvalue weighted by molar-refractivity contribution is 5.96. The summed E-state index contributed by atoms with van der Waals surface area (Å²) in [6.07, 6.45) is 1.66. The molecule has 0 bridgehead atoms. The summed E-state index contributed by atoms with van der Waals surface area (Å²) < 4.78 is 9.62. The fourth-order valence-electron chi connectivity index (χ4n) is 1.72. The Morgan fingerprint density at radius 3 is 2.65 bits per heavy atom. The number of aromatic nitrogens is 1. The van der Waals surface area contributed by atoms with Crippen LogP contribution < -0.4 is 5.32 Å². The summed E-state index contributed by atoms with van der Waals surface area (Å²) in [7, 11) is 1.27. The molecular formula is C14H14N2O4. The van der Waals surface area contributed by atoms with Gasteiger partial charge in [0.15, 0.2) is 0 Å². The Kier molecular flexibility index (Phi) is 4.49. The zero-order valence-corrected chi connectivity index (χ0v) is 10.9. The van der Waals surface area contributed by atoms with Crippen molar-refractivity contribution in [3.63, 3.8) is 0 Å². The summed E-state index contributed by atoms with van der Waals surface area (Å²) in [6.45, 7) is 0. The van der Waals surface area contributed by atoms with Crippen LogP contribution in [0.15, 0.2) is 47.1 Å². The van der Waals surface area contributed by atoms with Gasteiger partial charge in [-0.2, -0.15) is 0 Å². The molecule has 104 valence electrons. The SMILES string of the molecule is COC(=O)[C@H](Cc1ccno1)NC(=O)c1ccccc1. The monoisotopic (exact) mass is 274 g/mol. The predicted octanol–water partition coefficient (Wildman–Crippen LogP) is 1.19. The summed E-state index contributed by atoms with van der Waals surface area (Å²) in [5, 5.41) is 6.18. The summed E-state index contributed by atoms with van der Waals surface area (Å²) in [5.74, 6) is -0.389. The third-order valence-corrected chi connectivity index (χ3v) is 2.72. The first-order chi connectivity index (χ1) is 9.70. The van der Waals surface area contributed by atoms with Gasteiger partial charge in [0.05, 0.1) is 13.3 Å². The minimum Gasteiger partial charge on any atom is -0.467 e. The average molecular weight is 274 g/mol. The first-order valence-corrected chi connectivity index (χ1v) is 6.04. The Bertz CT molecular complexity index is 566. The zero-order chi connectivity index (χ0) is 14.4. The van der Waals surface area contributed by atoms with E-state index in [1.807, 2.05) is 6.07 Å². The van der Waals surface area contributed by atoms with Crippen molar-refractivity contribution in [2.24, 2.45) is 0 Å². The van der Waals surface area contributed by atoms with E-state index < -0.39 is 12.0 Å². The van der Waals surface area contributed by atoms with Gasteiger partial charge >= 0.3 is 5.97 Å². The number of hydrogen-bond donors (Lipinski definition) is 1. The number of benzene rings is 1. The van der Waals surface area contributed by atoms with Crippen LogP contribution in [0.1, 0.15) is 16.1 Å². The van der Waals surface area contributed by atoms with Crippen molar-refractivity contribution in [2.75, 3.05) is 7.11 Å². The highest BCUT2D eigenvalue weighted by Crippen LogP contribution is 2.05. The Labute approximate surface area is 115 Å². The van der Waals surface area contributed by atoms with E-state index in [9.17, 15) is 9.59 Å². The number of carbonyl (C=O) groups is 2. The number of rotatable bonds is 5. The van der Waals surface area contributed by atoms with Crippen molar-refractivity contribution < 1.29 is 18.8 Å². The summed E-state index contributed by atoms with van der Waals surface area (Å²) in [4.78, 5) is 23.7. The topological polar surface area (TPSA) is 81.4 Å². The lowest BCUT2D eigenvalue weighted by Gasteiger charge is -2.15. The number of esters is 1. The van der Waals surface area contributed by atoms with Crippen LogP contribution in [0.25, 0.3) is 0 Å². The number of nitrogens with one attached hydrogen (secondary N) is 1. The molecule has 0 spiro atoms. The van der Waals surface area contributed by atoms with Crippen molar-refractivity contribution in [1.82, 2.24) is 10.5 Å². The largest absolute Gasteiger partial charge is 0.467 e. The van der Waals surface area contributed by atoms with Crippen molar-refractivity contribution in [3.8, 4) is 0 Å². The smallest absolute Gasteiger partial charge is 0.328 e.